The monoisotopic (exact) mass is 267 g/mol. The van der Waals surface area contributed by atoms with Crippen LogP contribution in [0.25, 0.3) is 0 Å². The molecule has 0 radical (unpaired) electrons. The lowest BCUT2D eigenvalue weighted by molar-refractivity contribution is -0.388. The van der Waals surface area contributed by atoms with Crippen LogP contribution in [-0.4, -0.2) is 19.5 Å². The fourth-order valence-electron chi connectivity index (χ4n) is 1.60. The van der Waals surface area contributed by atoms with Crippen LogP contribution in [0.15, 0.2) is 11.6 Å². The Morgan fingerprint density at radius 3 is 2.89 bits per heavy atom. The first-order valence-corrected chi connectivity index (χ1v) is 6.22. The van der Waals surface area contributed by atoms with Crippen molar-refractivity contribution >= 4 is 23.0 Å². The Kier molecular flexibility index (Phi) is 3.28. The van der Waals surface area contributed by atoms with Crippen LogP contribution in [0.2, 0.25) is 0 Å². The molecular weight excluding hydrogens is 254 g/mol. The average molecular weight is 267 g/mol. The van der Waals surface area contributed by atoms with E-state index in [1.807, 2.05) is 12.3 Å². The first-order valence-electron chi connectivity index (χ1n) is 5.34. The Balaban J connectivity index is 2.31. The van der Waals surface area contributed by atoms with Crippen LogP contribution in [0.1, 0.15) is 23.8 Å². The van der Waals surface area contributed by atoms with E-state index in [4.69, 9.17) is 0 Å². The molecule has 2 rings (SSSR count). The Labute approximate surface area is 108 Å². The van der Waals surface area contributed by atoms with Gasteiger partial charge in [0.05, 0.1) is 6.04 Å². The molecule has 2 heterocycles. The number of nitro groups is 1. The second-order valence-electron chi connectivity index (χ2n) is 3.88. The summed E-state index contributed by atoms with van der Waals surface area (Å²) < 4.78 is 1.67. The molecule has 0 spiro atoms. The lowest BCUT2D eigenvalue weighted by Gasteiger charge is -2.12. The minimum absolute atomic E-state index is 0.0986. The second-order valence-corrected chi connectivity index (χ2v) is 4.81. The van der Waals surface area contributed by atoms with Gasteiger partial charge in [0.2, 0.25) is 11.6 Å². The highest BCUT2D eigenvalue weighted by Gasteiger charge is 2.25. The van der Waals surface area contributed by atoms with E-state index in [2.05, 4.69) is 15.3 Å². The molecule has 0 aromatic carbocycles. The first kappa shape index (κ1) is 12.5. The van der Waals surface area contributed by atoms with Gasteiger partial charge in [-0.25, -0.2) is 4.98 Å². The predicted molar refractivity (Wildman–Crippen MR) is 68.8 cm³/mol. The van der Waals surface area contributed by atoms with Crippen molar-refractivity contribution < 1.29 is 4.92 Å². The maximum atomic E-state index is 10.9. The fourth-order valence-corrected chi connectivity index (χ4v) is 2.24. The Hall–Kier alpha value is -1.96. The van der Waals surface area contributed by atoms with Crippen molar-refractivity contribution in [1.82, 2.24) is 14.5 Å². The number of imidazole rings is 1. The molecule has 0 amide bonds. The Morgan fingerprint density at radius 2 is 2.33 bits per heavy atom. The molecule has 18 heavy (non-hydrogen) atoms. The van der Waals surface area contributed by atoms with Crippen molar-refractivity contribution in [1.29, 1.82) is 0 Å². The van der Waals surface area contributed by atoms with Gasteiger partial charge in [-0.1, -0.05) is 0 Å². The first-order chi connectivity index (χ1) is 8.50. The van der Waals surface area contributed by atoms with Crippen LogP contribution in [0.5, 0.6) is 0 Å². The third-order valence-corrected chi connectivity index (χ3v) is 3.61. The third-order valence-electron chi connectivity index (χ3n) is 2.65. The van der Waals surface area contributed by atoms with Crippen molar-refractivity contribution in [2.24, 2.45) is 7.05 Å². The normalized spacial score (nSPS) is 12.4. The molecule has 2 aromatic rings. The van der Waals surface area contributed by atoms with Crippen molar-refractivity contribution in [3.63, 3.8) is 0 Å². The zero-order valence-electron chi connectivity index (χ0n) is 10.2. The maximum Gasteiger partial charge on any atom is 0.406 e. The van der Waals surface area contributed by atoms with E-state index >= 15 is 0 Å². The molecule has 8 heteroatoms. The molecule has 0 bridgehead atoms. The van der Waals surface area contributed by atoms with Crippen LogP contribution in [0.3, 0.4) is 0 Å². The van der Waals surface area contributed by atoms with Crippen LogP contribution in [-0.2, 0) is 7.05 Å². The minimum Gasteiger partial charge on any atom is -0.358 e. The van der Waals surface area contributed by atoms with E-state index in [1.54, 1.807) is 24.7 Å². The highest BCUT2D eigenvalue weighted by atomic mass is 32.1. The Bertz CT molecular complexity index is 563. The summed E-state index contributed by atoms with van der Waals surface area (Å²) in [6.07, 6.45) is 1.71. The van der Waals surface area contributed by atoms with E-state index in [1.165, 1.54) is 11.3 Å². The number of anilines is 1. The average Bonchev–Trinajstić information content (AvgIpc) is 2.92. The summed E-state index contributed by atoms with van der Waals surface area (Å²) in [5, 5.41) is 16.8. The SMILES string of the molecule is Cc1nc([N+](=O)[O-])c(NC(C)c2nccs2)n1C. The second kappa shape index (κ2) is 4.73. The van der Waals surface area contributed by atoms with E-state index in [0.717, 1.165) is 5.01 Å². The molecule has 1 atom stereocenters. The number of aryl methyl sites for hydroxylation is 1. The van der Waals surface area contributed by atoms with Crippen LogP contribution in [0, 0.1) is 17.0 Å². The van der Waals surface area contributed by atoms with Crippen LogP contribution >= 0.6 is 11.3 Å². The number of hydrogen-bond acceptors (Lipinski definition) is 6. The summed E-state index contributed by atoms with van der Waals surface area (Å²) in [7, 11) is 1.74. The predicted octanol–water partition coefficient (Wildman–Crippen LogP) is 2.27. The van der Waals surface area contributed by atoms with Crippen molar-refractivity contribution in [3.05, 3.63) is 32.5 Å². The molecule has 2 aromatic heterocycles. The summed E-state index contributed by atoms with van der Waals surface area (Å²) in [6.45, 7) is 3.64. The topological polar surface area (TPSA) is 85.9 Å². The van der Waals surface area contributed by atoms with Gasteiger partial charge in [0.25, 0.3) is 0 Å². The Morgan fingerprint density at radius 1 is 1.61 bits per heavy atom. The molecular formula is C10H13N5O2S. The van der Waals surface area contributed by atoms with Gasteiger partial charge in [-0.05, 0) is 16.8 Å². The van der Waals surface area contributed by atoms with Crippen LogP contribution in [0.4, 0.5) is 11.6 Å². The number of aromatic nitrogens is 3. The van der Waals surface area contributed by atoms with E-state index in [-0.39, 0.29) is 11.9 Å². The molecule has 0 saturated heterocycles. The van der Waals surface area contributed by atoms with Gasteiger partial charge in [-0.15, -0.1) is 11.3 Å². The van der Waals surface area contributed by atoms with Gasteiger partial charge in [0.15, 0.2) is 0 Å². The van der Waals surface area contributed by atoms with Gasteiger partial charge in [0.1, 0.15) is 5.01 Å². The number of hydrogen-bond donors (Lipinski definition) is 1. The van der Waals surface area contributed by atoms with Gasteiger partial charge in [0, 0.05) is 25.5 Å². The van der Waals surface area contributed by atoms with Gasteiger partial charge in [-0.3, -0.25) is 4.57 Å². The zero-order valence-corrected chi connectivity index (χ0v) is 11.1. The van der Waals surface area contributed by atoms with Crippen molar-refractivity contribution in [2.45, 2.75) is 19.9 Å². The lowest BCUT2D eigenvalue weighted by atomic mass is 10.3. The fraction of sp³-hybridized carbons (Fsp3) is 0.400. The molecule has 96 valence electrons. The lowest BCUT2D eigenvalue weighted by Crippen LogP contribution is -2.11. The summed E-state index contributed by atoms with van der Waals surface area (Å²) >= 11 is 1.50. The quantitative estimate of drug-likeness (QED) is 0.678. The number of rotatable bonds is 4. The third kappa shape index (κ3) is 2.19. The summed E-state index contributed by atoms with van der Waals surface area (Å²) in [5.74, 6) is 0.842. The summed E-state index contributed by atoms with van der Waals surface area (Å²) in [6, 6.07) is -0.0986. The van der Waals surface area contributed by atoms with Gasteiger partial charge >= 0.3 is 5.82 Å². The molecule has 0 fully saturated rings. The van der Waals surface area contributed by atoms with Crippen molar-refractivity contribution in [3.8, 4) is 0 Å². The number of nitrogens with one attached hydrogen (secondary N) is 1. The molecule has 0 aliphatic carbocycles. The molecule has 7 nitrogen and oxygen atoms in total. The maximum absolute atomic E-state index is 10.9. The standard InChI is InChI=1S/C10H13N5O2S/c1-6(10-11-4-5-18-10)12-8-9(15(16)17)13-7(2)14(8)3/h4-6,12H,1-3H3. The zero-order chi connectivity index (χ0) is 13.3. The minimum atomic E-state index is -0.482. The largest absolute Gasteiger partial charge is 0.406 e. The number of nitrogens with zero attached hydrogens (tertiary/aromatic N) is 4. The van der Waals surface area contributed by atoms with Gasteiger partial charge in [-0.2, -0.15) is 0 Å². The van der Waals surface area contributed by atoms with Gasteiger partial charge < -0.3 is 15.4 Å². The smallest absolute Gasteiger partial charge is 0.358 e. The molecule has 0 aliphatic rings. The van der Waals surface area contributed by atoms with Crippen LogP contribution < -0.4 is 5.32 Å². The summed E-state index contributed by atoms with van der Waals surface area (Å²) in [4.78, 5) is 18.6. The van der Waals surface area contributed by atoms with E-state index in [9.17, 15) is 10.1 Å². The molecule has 1 unspecified atom stereocenters. The van der Waals surface area contributed by atoms with E-state index < -0.39 is 4.92 Å². The van der Waals surface area contributed by atoms with Crippen molar-refractivity contribution in [2.75, 3.05) is 5.32 Å². The highest BCUT2D eigenvalue weighted by Crippen LogP contribution is 2.28. The highest BCUT2D eigenvalue weighted by molar-refractivity contribution is 7.09. The molecule has 0 saturated carbocycles. The van der Waals surface area contributed by atoms with E-state index in [0.29, 0.717) is 11.6 Å². The summed E-state index contributed by atoms with van der Waals surface area (Å²) in [5.41, 5.74) is 0. The molecule has 0 aliphatic heterocycles. The number of thiazole rings is 1. The molecule has 1 N–H and O–H groups in total.